The Kier molecular flexibility index (Phi) is 7.89. The number of carbonyl (C=O) groups is 1. The summed E-state index contributed by atoms with van der Waals surface area (Å²) in [6.07, 6.45) is 1.86. The lowest BCUT2D eigenvalue weighted by molar-refractivity contribution is -0.131. The zero-order chi connectivity index (χ0) is 20.7. The molecule has 1 amide bonds. The summed E-state index contributed by atoms with van der Waals surface area (Å²) in [5.41, 5.74) is 1.63. The van der Waals surface area contributed by atoms with Crippen LogP contribution >= 0.6 is 11.6 Å². The molecule has 0 saturated heterocycles. The van der Waals surface area contributed by atoms with E-state index in [1.54, 1.807) is 29.2 Å². The first-order chi connectivity index (χ1) is 13.2. The van der Waals surface area contributed by atoms with Gasteiger partial charge in [-0.1, -0.05) is 56.3 Å². The molecule has 28 heavy (non-hydrogen) atoms. The van der Waals surface area contributed by atoms with Crippen molar-refractivity contribution in [3.63, 3.8) is 0 Å². The average molecular weight is 424 g/mol. The third-order valence-electron chi connectivity index (χ3n) is 4.14. The molecule has 2 aromatic rings. The molecule has 2 aromatic carbocycles. The molecule has 0 saturated carbocycles. The summed E-state index contributed by atoms with van der Waals surface area (Å²) in [5, 5.41) is -0.749. The van der Waals surface area contributed by atoms with Gasteiger partial charge in [0.05, 0.1) is 6.26 Å². The van der Waals surface area contributed by atoms with Crippen molar-refractivity contribution < 1.29 is 17.4 Å². The summed E-state index contributed by atoms with van der Waals surface area (Å²) in [5.74, 6) is 0.544. The highest BCUT2D eigenvalue weighted by atomic mass is 35.5. The molecule has 0 aromatic heterocycles. The van der Waals surface area contributed by atoms with Crippen molar-refractivity contribution in [3.8, 4) is 5.75 Å². The second-order valence-corrected chi connectivity index (χ2v) is 9.16. The molecule has 7 heteroatoms. The van der Waals surface area contributed by atoms with Gasteiger partial charge in [0, 0.05) is 13.1 Å². The largest absolute Gasteiger partial charge is 0.383 e. The third-order valence-corrected chi connectivity index (χ3v) is 5.08. The molecule has 0 unspecified atom stereocenters. The van der Waals surface area contributed by atoms with E-state index in [0.29, 0.717) is 19.0 Å². The van der Waals surface area contributed by atoms with Gasteiger partial charge < -0.3 is 9.08 Å². The highest BCUT2D eigenvalue weighted by Crippen LogP contribution is 2.25. The lowest BCUT2D eigenvalue weighted by Gasteiger charge is -2.26. The van der Waals surface area contributed by atoms with Gasteiger partial charge in [-0.25, -0.2) is 0 Å². The number of alkyl halides is 1. The Hall–Kier alpha value is -2.05. The minimum absolute atomic E-state index is 0.148. The van der Waals surface area contributed by atoms with Crippen LogP contribution in [0.4, 0.5) is 0 Å². The lowest BCUT2D eigenvalue weighted by atomic mass is 10.1. The number of hydrogen-bond acceptors (Lipinski definition) is 4. The SMILES string of the molecule is CC(C)CCN(Cc1ccc(OS(C)(=O)=O)cc1)C(=O)[C@H](Cl)c1ccccc1. The maximum Gasteiger partial charge on any atom is 0.306 e. The number of hydrogen-bond donors (Lipinski definition) is 0. The van der Waals surface area contributed by atoms with Crippen molar-refractivity contribution in [3.05, 3.63) is 65.7 Å². The maximum absolute atomic E-state index is 13.0. The number of amides is 1. The van der Waals surface area contributed by atoms with Crippen molar-refractivity contribution >= 4 is 27.6 Å². The summed E-state index contributed by atoms with van der Waals surface area (Å²) < 4.78 is 27.3. The Bertz CT molecular complexity index is 867. The van der Waals surface area contributed by atoms with Gasteiger partial charge in [0.2, 0.25) is 5.91 Å². The number of carbonyl (C=O) groups excluding carboxylic acids is 1. The number of halogens is 1. The lowest BCUT2D eigenvalue weighted by Crippen LogP contribution is -2.34. The van der Waals surface area contributed by atoms with Crippen LogP contribution in [0.1, 0.15) is 36.8 Å². The summed E-state index contributed by atoms with van der Waals surface area (Å²) >= 11 is 6.45. The molecule has 0 heterocycles. The quantitative estimate of drug-likeness (QED) is 0.443. The van der Waals surface area contributed by atoms with Gasteiger partial charge in [-0.05, 0) is 35.6 Å². The van der Waals surface area contributed by atoms with E-state index in [0.717, 1.165) is 23.8 Å². The molecular weight excluding hydrogens is 398 g/mol. The van der Waals surface area contributed by atoms with E-state index in [4.69, 9.17) is 15.8 Å². The molecule has 0 fully saturated rings. The minimum atomic E-state index is -3.57. The van der Waals surface area contributed by atoms with E-state index in [1.807, 2.05) is 30.3 Å². The van der Waals surface area contributed by atoms with Crippen molar-refractivity contribution in [1.82, 2.24) is 4.90 Å². The molecule has 0 aliphatic heterocycles. The Labute approximate surface area is 172 Å². The predicted octanol–water partition coefficient (Wildman–Crippen LogP) is 4.38. The van der Waals surface area contributed by atoms with Crippen molar-refractivity contribution in [1.29, 1.82) is 0 Å². The molecule has 0 aliphatic carbocycles. The van der Waals surface area contributed by atoms with Gasteiger partial charge in [-0.15, -0.1) is 11.6 Å². The molecule has 152 valence electrons. The zero-order valence-corrected chi connectivity index (χ0v) is 17.9. The van der Waals surface area contributed by atoms with Crippen LogP contribution in [0.15, 0.2) is 54.6 Å². The van der Waals surface area contributed by atoms with Crippen LogP contribution in [-0.2, 0) is 21.5 Å². The minimum Gasteiger partial charge on any atom is -0.383 e. The van der Waals surface area contributed by atoms with E-state index in [-0.39, 0.29) is 11.7 Å². The Morgan fingerprint density at radius 3 is 2.21 bits per heavy atom. The van der Waals surface area contributed by atoms with Crippen LogP contribution in [-0.4, -0.2) is 32.0 Å². The van der Waals surface area contributed by atoms with Gasteiger partial charge in [-0.3, -0.25) is 4.79 Å². The Morgan fingerprint density at radius 2 is 1.68 bits per heavy atom. The van der Waals surface area contributed by atoms with Crippen molar-refractivity contribution in [2.24, 2.45) is 5.92 Å². The first kappa shape index (κ1) is 22.2. The molecule has 0 radical (unpaired) electrons. The van der Waals surface area contributed by atoms with Gasteiger partial charge in [0.15, 0.2) is 0 Å². The Balaban J connectivity index is 2.15. The molecular formula is C21H26ClNO4S. The van der Waals surface area contributed by atoms with Crippen LogP contribution < -0.4 is 4.18 Å². The van der Waals surface area contributed by atoms with Gasteiger partial charge in [0.1, 0.15) is 11.1 Å². The molecule has 2 rings (SSSR count). The van der Waals surface area contributed by atoms with Gasteiger partial charge in [0.25, 0.3) is 0 Å². The second-order valence-electron chi connectivity index (χ2n) is 7.15. The van der Waals surface area contributed by atoms with Crippen molar-refractivity contribution in [2.75, 3.05) is 12.8 Å². The van der Waals surface area contributed by atoms with Gasteiger partial charge in [-0.2, -0.15) is 8.42 Å². The molecule has 5 nitrogen and oxygen atoms in total. The topological polar surface area (TPSA) is 63.7 Å². The number of nitrogens with zero attached hydrogens (tertiary/aromatic N) is 1. The average Bonchev–Trinajstić information content (AvgIpc) is 2.64. The van der Waals surface area contributed by atoms with E-state index in [9.17, 15) is 13.2 Å². The van der Waals surface area contributed by atoms with Gasteiger partial charge >= 0.3 is 10.1 Å². The highest BCUT2D eigenvalue weighted by molar-refractivity contribution is 7.86. The molecule has 0 aliphatic rings. The normalized spacial score (nSPS) is 12.6. The predicted molar refractivity (Wildman–Crippen MR) is 112 cm³/mol. The summed E-state index contributed by atoms with van der Waals surface area (Å²) in [6.45, 7) is 5.19. The molecule has 0 spiro atoms. The fourth-order valence-corrected chi connectivity index (χ4v) is 3.40. The zero-order valence-electron chi connectivity index (χ0n) is 16.3. The summed E-state index contributed by atoms with van der Waals surface area (Å²) in [4.78, 5) is 14.8. The monoisotopic (exact) mass is 423 g/mol. The van der Waals surface area contributed by atoms with E-state index in [1.165, 1.54) is 0 Å². The van der Waals surface area contributed by atoms with Crippen LogP contribution in [0, 0.1) is 5.92 Å². The molecule has 0 N–H and O–H groups in total. The number of rotatable bonds is 9. The van der Waals surface area contributed by atoms with E-state index in [2.05, 4.69) is 13.8 Å². The molecule has 1 atom stereocenters. The third kappa shape index (κ3) is 7.17. The highest BCUT2D eigenvalue weighted by Gasteiger charge is 2.24. The molecule has 0 bridgehead atoms. The fourth-order valence-electron chi connectivity index (χ4n) is 2.65. The van der Waals surface area contributed by atoms with E-state index >= 15 is 0 Å². The first-order valence-electron chi connectivity index (χ1n) is 9.12. The summed E-state index contributed by atoms with van der Waals surface area (Å²) in [6, 6.07) is 15.9. The standard InChI is InChI=1S/C21H26ClNO4S/c1-16(2)13-14-23(21(24)20(22)18-7-5-4-6-8-18)15-17-9-11-19(12-10-17)27-28(3,25)26/h4-12,16,20H,13-15H2,1-3H3/t20-/m1/s1. The second kappa shape index (κ2) is 9.94. The smallest absolute Gasteiger partial charge is 0.306 e. The van der Waals surface area contributed by atoms with Crippen molar-refractivity contribution in [2.45, 2.75) is 32.2 Å². The van der Waals surface area contributed by atoms with Crippen LogP contribution in [0.2, 0.25) is 0 Å². The van der Waals surface area contributed by atoms with Crippen LogP contribution in [0.5, 0.6) is 5.75 Å². The van der Waals surface area contributed by atoms with Crippen LogP contribution in [0.3, 0.4) is 0 Å². The maximum atomic E-state index is 13.0. The van der Waals surface area contributed by atoms with E-state index < -0.39 is 15.5 Å². The summed E-state index contributed by atoms with van der Waals surface area (Å²) in [7, 11) is -3.57. The first-order valence-corrected chi connectivity index (χ1v) is 11.4. The number of benzene rings is 2. The Morgan fingerprint density at radius 1 is 1.07 bits per heavy atom. The fraction of sp³-hybridized carbons (Fsp3) is 0.381. The van der Waals surface area contributed by atoms with Crippen LogP contribution in [0.25, 0.3) is 0 Å².